The topological polar surface area (TPSA) is 0 Å². The van der Waals surface area contributed by atoms with Crippen molar-refractivity contribution in [3.05, 3.63) is 59.7 Å². The van der Waals surface area contributed by atoms with Crippen molar-refractivity contribution in [1.29, 1.82) is 0 Å². The van der Waals surface area contributed by atoms with E-state index in [1.54, 1.807) is 0 Å². The zero-order valence-corrected chi connectivity index (χ0v) is 18.7. The number of unbranched alkanes of at least 4 members (excludes halogenated alkanes) is 8. The van der Waals surface area contributed by atoms with Gasteiger partial charge in [0.1, 0.15) is 0 Å². The van der Waals surface area contributed by atoms with Crippen LogP contribution in [0.4, 0.5) is 0 Å². The van der Waals surface area contributed by atoms with Gasteiger partial charge >= 0.3 is 0 Å². The van der Waals surface area contributed by atoms with Crippen LogP contribution in [0.5, 0.6) is 0 Å². The van der Waals surface area contributed by atoms with E-state index in [1.807, 2.05) is 48.6 Å². The average molecular weight is 395 g/mol. The monoisotopic (exact) mass is 394 g/mol. The molecule has 1 rings (SSSR count). The van der Waals surface area contributed by atoms with Gasteiger partial charge < -0.3 is 0 Å². The Morgan fingerprint density at radius 3 is 1.33 bits per heavy atom. The van der Waals surface area contributed by atoms with Gasteiger partial charge in [-0.25, -0.2) is 0 Å². The van der Waals surface area contributed by atoms with E-state index >= 15 is 0 Å². The lowest BCUT2D eigenvalue weighted by Crippen LogP contribution is -1.76. The van der Waals surface area contributed by atoms with Gasteiger partial charge in [-0.2, -0.15) is 0 Å². The summed E-state index contributed by atoms with van der Waals surface area (Å²) in [5.74, 6) is 24.7. The summed E-state index contributed by atoms with van der Waals surface area (Å²) in [6.45, 7) is 4.44. The standard InChI is InChI=1S/C30H34/c1-3-5-7-9-11-13-15-17-19-21-23-29-25-27-30(28-26-29)24-22-20-18-16-14-12-10-8-6-4-2/h17-20,25-28H,3-12H2,1-2H3/b19-17-,20-18-. The van der Waals surface area contributed by atoms with Crippen LogP contribution in [0.2, 0.25) is 0 Å². The summed E-state index contributed by atoms with van der Waals surface area (Å²) >= 11 is 0. The van der Waals surface area contributed by atoms with Crippen molar-refractivity contribution in [3.63, 3.8) is 0 Å². The summed E-state index contributed by atoms with van der Waals surface area (Å²) in [4.78, 5) is 0. The highest BCUT2D eigenvalue weighted by molar-refractivity contribution is 5.44. The molecule has 0 fully saturated rings. The Bertz CT molecular complexity index is 801. The minimum absolute atomic E-state index is 0.973. The molecule has 0 saturated carbocycles. The number of hydrogen-bond acceptors (Lipinski definition) is 0. The molecule has 0 aromatic heterocycles. The largest absolute Gasteiger partial charge is 0.0985 e. The molecule has 0 radical (unpaired) electrons. The lowest BCUT2D eigenvalue weighted by atomic mass is 10.1. The summed E-state index contributed by atoms with van der Waals surface area (Å²) in [6.07, 6.45) is 19.3. The van der Waals surface area contributed by atoms with E-state index in [2.05, 4.69) is 61.2 Å². The zero-order chi connectivity index (χ0) is 21.5. The molecule has 0 unspecified atom stereocenters. The minimum atomic E-state index is 0.973. The third-order valence-corrected chi connectivity index (χ3v) is 4.33. The van der Waals surface area contributed by atoms with E-state index < -0.39 is 0 Å². The van der Waals surface area contributed by atoms with Crippen LogP contribution >= 0.6 is 0 Å². The van der Waals surface area contributed by atoms with E-state index in [0.29, 0.717) is 0 Å². The Kier molecular flexibility index (Phi) is 16.0. The predicted molar refractivity (Wildman–Crippen MR) is 132 cm³/mol. The van der Waals surface area contributed by atoms with Crippen LogP contribution in [-0.2, 0) is 0 Å². The Hall–Kier alpha value is -3.06. The van der Waals surface area contributed by atoms with E-state index in [-0.39, 0.29) is 0 Å². The molecule has 0 amide bonds. The number of hydrogen-bond donors (Lipinski definition) is 0. The molecule has 154 valence electrons. The SMILES string of the molecule is CCCCCCC#C/C=C\C#Cc1ccc(C#C/C=C\C#CCCCCCC)cc1. The fourth-order valence-corrected chi connectivity index (χ4v) is 2.60. The van der Waals surface area contributed by atoms with Crippen LogP contribution in [-0.4, -0.2) is 0 Å². The van der Waals surface area contributed by atoms with Crippen LogP contribution in [0, 0.1) is 47.4 Å². The maximum Gasteiger partial charge on any atom is 0.0249 e. The summed E-state index contributed by atoms with van der Waals surface area (Å²) in [7, 11) is 0. The average Bonchev–Trinajstić information content (AvgIpc) is 2.77. The molecule has 0 aliphatic carbocycles. The molecule has 1 aromatic rings. The summed E-state index contributed by atoms with van der Waals surface area (Å²) in [5.41, 5.74) is 1.95. The highest BCUT2D eigenvalue weighted by Gasteiger charge is 1.87. The maximum atomic E-state index is 3.16. The van der Waals surface area contributed by atoms with E-state index in [9.17, 15) is 0 Å². The Balaban J connectivity index is 2.35. The quantitative estimate of drug-likeness (QED) is 0.317. The van der Waals surface area contributed by atoms with Crippen molar-refractivity contribution in [2.24, 2.45) is 0 Å². The van der Waals surface area contributed by atoms with Crippen molar-refractivity contribution in [2.75, 3.05) is 0 Å². The number of benzene rings is 1. The van der Waals surface area contributed by atoms with Gasteiger partial charge in [-0.05, 0) is 61.4 Å². The van der Waals surface area contributed by atoms with Crippen molar-refractivity contribution < 1.29 is 0 Å². The fourth-order valence-electron chi connectivity index (χ4n) is 2.60. The molecule has 0 heterocycles. The first kappa shape index (κ1) is 25.0. The highest BCUT2D eigenvalue weighted by atomic mass is 13.9. The van der Waals surface area contributed by atoms with E-state index in [0.717, 1.165) is 24.0 Å². The molecule has 0 N–H and O–H groups in total. The molecule has 0 bridgehead atoms. The van der Waals surface area contributed by atoms with Crippen molar-refractivity contribution in [3.8, 4) is 47.4 Å². The van der Waals surface area contributed by atoms with Crippen LogP contribution in [0.15, 0.2) is 48.6 Å². The summed E-state index contributed by atoms with van der Waals surface area (Å²) < 4.78 is 0. The first-order valence-corrected chi connectivity index (χ1v) is 11.3. The van der Waals surface area contributed by atoms with Gasteiger partial charge in [-0.3, -0.25) is 0 Å². The summed E-state index contributed by atoms with van der Waals surface area (Å²) in [6, 6.07) is 7.96. The van der Waals surface area contributed by atoms with Crippen LogP contribution in [0.3, 0.4) is 0 Å². The predicted octanol–water partition coefficient (Wildman–Crippen LogP) is 7.45. The normalized spacial score (nSPS) is 9.67. The molecule has 0 heteroatoms. The van der Waals surface area contributed by atoms with Gasteiger partial charge in [-0.15, -0.1) is 0 Å². The molecule has 1 aromatic carbocycles. The fraction of sp³-hybridized carbons (Fsp3) is 0.400. The van der Waals surface area contributed by atoms with E-state index in [4.69, 9.17) is 0 Å². The highest BCUT2D eigenvalue weighted by Crippen LogP contribution is 2.02. The molecule has 0 spiro atoms. The Morgan fingerprint density at radius 2 is 0.933 bits per heavy atom. The first-order chi connectivity index (χ1) is 14.9. The third-order valence-electron chi connectivity index (χ3n) is 4.33. The number of allylic oxidation sites excluding steroid dienone is 4. The minimum Gasteiger partial charge on any atom is -0.0985 e. The molecular weight excluding hydrogens is 360 g/mol. The summed E-state index contributed by atoms with van der Waals surface area (Å²) in [5, 5.41) is 0. The first-order valence-electron chi connectivity index (χ1n) is 11.3. The van der Waals surface area contributed by atoms with Gasteiger partial charge in [0.25, 0.3) is 0 Å². The van der Waals surface area contributed by atoms with Gasteiger partial charge in [-0.1, -0.05) is 99.7 Å². The van der Waals surface area contributed by atoms with Gasteiger partial charge in [0.15, 0.2) is 0 Å². The van der Waals surface area contributed by atoms with Crippen molar-refractivity contribution >= 4 is 0 Å². The van der Waals surface area contributed by atoms with Crippen molar-refractivity contribution in [2.45, 2.75) is 78.1 Å². The molecular formula is C30H34. The van der Waals surface area contributed by atoms with Crippen molar-refractivity contribution in [1.82, 2.24) is 0 Å². The maximum absolute atomic E-state index is 3.16. The molecule has 0 saturated heterocycles. The second kappa shape index (κ2) is 19.3. The Morgan fingerprint density at radius 1 is 0.533 bits per heavy atom. The lowest BCUT2D eigenvalue weighted by Gasteiger charge is -1.91. The van der Waals surface area contributed by atoms with E-state index in [1.165, 1.54) is 51.4 Å². The smallest absolute Gasteiger partial charge is 0.0249 e. The van der Waals surface area contributed by atoms with Crippen LogP contribution < -0.4 is 0 Å². The lowest BCUT2D eigenvalue weighted by molar-refractivity contribution is 0.679. The second-order valence-corrected chi connectivity index (χ2v) is 7.05. The molecule has 0 atom stereocenters. The van der Waals surface area contributed by atoms with Crippen LogP contribution in [0.25, 0.3) is 0 Å². The zero-order valence-electron chi connectivity index (χ0n) is 18.7. The van der Waals surface area contributed by atoms with Gasteiger partial charge in [0.05, 0.1) is 0 Å². The molecule has 0 nitrogen and oxygen atoms in total. The molecule has 0 aliphatic heterocycles. The second-order valence-electron chi connectivity index (χ2n) is 7.05. The van der Waals surface area contributed by atoms with Crippen LogP contribution in [0.1, 0.15) is 89.2 Å². The van der Waals surface area contributed by atoms with Gasteiger partial charge in [0.2, 0.25) is 0 Å². The third kappa shape index (κ3) is 14.9. The van der Waals surface area contributed by atoms with Gasteiger partial charge in [0, 0.05) is 24.0 Å². The number of rotatable bonds is 8. The molecule has 30 heavy (non-hydrogen) atoms. The molecule has 0 aliphatic rings. The Labute approximate surface area is 185 Å².